The molecule has 0 aliphatic carbocycles. The third-order valence-electron chi connectivity index (χ3n) is 2.89. The van der Waals surface area contributed by atoms with E-state index in [9.17, 15) is 0 Å². The van der Waals surface area contributed by atoms with Crippen LogP contribution in [0.4, 0.5) is 5.82 Å². The fourth-order valence-corrected chi connectivity index (χ4v) is 2.23. The number of hydrogen-bond acceptors (Lipinski definition) is 5. The van der Waals surface area contributed by atoms with Gasteiger partial charge in [0.15, 0.2) is 11.5 Å². The number of hydrogen-bond donors (Lipinski definition) is 1. The molecule has 3 rings (SSSR count). The van der Waals surface area contributed by atoms with Crippen LogP contribution in [0.2, 0.25) is 5.15 Å². The first-order chi connectivity index (χ1) is 9.70. The minimum Gasteiger partial charge on any atom is -0.486 e. The normalized spacial score (nSPS) is 16.8. The Morgan fingerprint density at radius 2 is 2.10 bits per heavy atom. The van der Waals surface area contributed by atoms with Gasteiger partial charge in [0, 0.05) is 6.07 Å². The topological polar surface area (TPSA) is 56.3 Å². The molecule has 1 aromatic heterocycles. The number of nitrogens with zero attached hydrogens (tertiary/aromatic N) is 2. The molecule has 2 heterocycles. The predicted molar refractivity (Wildman–Crippen MR) is 76.6 cm³/mol. The van der Waals surface area contributed by atoms with Crippen molar-refractivity contribution >= 4 is 17.4 Å². The molecular weight excluding hydrogens is 278 g/mol. The van der Waals surface area contributed by atoms with Crippen LogP contribution in [0.5, 0.6) is 11.5 Å². The lowest BCUT2D eigenvalue weighted by Gasteiger charge is -2.26. The Labute approximate surface area is 121 Å². The summed E-state index contributed by atoms with van der Waals surface area (Å²) >= 11 is 5.89. The standard InChI is InChI=1S/C14H14ClN3O2/c1-9-17-13(15)6-14(18-9)16-7-10-8-19-11-4-2-3-5-12(11)20-10/h2-6,10H,7-8H2,1H3,(H,16,17,18). The van der Waals surface area contributed by atoms with E-state index >= 15 is 0 Å². The first-order valence-electron chi connectivity index (χ1n) is 6.34. The molecule has 0 spiro atoms. The third kappa shape index (κ3) is 2.93. The quantitative estimate of drug-likeness (QED) is 0.881. The number of rotatable bonds is 3. The number of halogens is 1. The number of benzene rings is 1. The zero-order chi connectivity index (χ0) is 13.9. The van der Waals surface area contributed by atoms with Crippen molar-refractivity contribution in [1.29, 1.82) is 0 Å². The molecule has 5 nitrogen and oxygen atoms in total. The minimum atomic E-state index is -0.0704. The van der Waals surface area contributed by atoms with Gasteiger partial charge in [-0.15, -0.1) is 0 Å². The second-order valence-corrected chi connectivity index (χ2v) is 4.89. The van der Waals surface area contributed by atoms with E-state index < -0.39 is 0 Å². The van der Waals surface area contributed by atoms with E-state index in [-0.39, 0.29) is 6.10 Å². The van der Waals surface area contributed by atoms with E-state index in [4.69, 9.17) is 21.1 Å². The molecule has 1 N–H and O–H groups in total. The molecule has 0 bridgehead atoms. The van der Waals surface area contributed by atoms with Crippen molar-refractivity contribution in [3.8, 4) is 11.5 Å². The van der Waals surface area contributed by atoms with Gasteiger partial charge in [0.2, 0.25) is 0 Å². The van der Waals surface area contributed by atoms with Crippen LogP contribution in [0.15, 0.2) is 30.3 Å². The zero-order valence-corrected chi connectivity index (χ0v) is 11.7. The molecule has 1 aliphatic heterocycles. The lowest BCUT2D eigenvalue weighted by molar-refractivity contribution is 0.0997. The summed E-state index contributed by atoms with van der Waals surface area (Å²) in [6, 6.07) is 9.32. The summed E-state index contributed by atoms with van der Waals surface area (Å²) in [6.45, 7) is 2.89. The van der Waals surface area contributed by atoms with E-state index in [0.29, 0.717) is 29.9 Å². The fraction of sp³-hybridized carbons (Fsp3) is 0.286. The molecule has 104 valence electrons. The van der Waals surface area contributed by atoms with E-state index in [1.807, 2.05) is 24.3 Å². The molecule has 6 heteroatoms. The van der Waals surface area contributed by atoms with E-state index in [2.05, 4.69) is 15.3 Å². The Morgan fingerprint density at radius 1 is 1.30 bits per heavy atom. The van der Waals surface area contributed by atoms with Crippen molar-refractivity contribution in [2.24, 2.45) is 0 Å². The number of ether oxygens (including phenoxy) is 2. The number of aryl methyl sites for hydroxylation is 1. The van der Waals surface area contributed by atoms with Gasteiger partial charge in [-0.3, -0.25) is 0 Å². The Hall–Kier alpha value is -2.01. The molecule has 0 saturated heterocycles. The van der Waals surface area contributed by atoms with Crippen LogP contribution in [0.3, 0.4) is 0 Å². The molecule has 0 amide bonds. The Balaban J connectivity index is 1.62. The molecule has 0 radical (unpaired) electrons. The van der Waals surface area contributed by atoms with Gasteiger partial charge < -0.3 is 14.8 Å². The highest BCUT2D eigenvalue weighted by Gasteiger charge is 2.20. The van der Waals surface area contributed by atoms with Gasteiger partial charge in [0.25, 0.3) is 0 Å². The van der Waals surface area contributed by atoms with Crippen LogP contribution >= 0.6 is 11.6 Å². The van der Waals surface area contributed by atoms with Gasteiger partial charge in [-0.1, -0.05) is 23.7 Å². The van der Waals surface area contributed by atoms with Gasteiger partial charge in [-0.25, -0.2) is 9.97 Å². The lowest BCUT2D eigenvalue weighted by Crippen LogP contribution is -2.35. The first kappa shape index (κ1) is 13.0. The summed E-state index contributed by atoms with van der Waals surface area (Å²) in [5, 5.41) is 3.61. The van der Waals surface area contributed by atoms with Gasteiger partial charge in [-0.05, 0) is 19.1 Å². The molecule has 2 aromatic rings. The maximum Gasteiger partial charge on any atom is 0.161 e. The largest absolute Gasteiger partial charge is 0.486 e. The van der Waals surface area contributed by atoms with Gasteiger partial charge in [-0.2, -0.15) is 0 Å². The van der Waals surface area contributed by atoms with Crippen molar-refractivity contribution in [2.75, 3.05) is 18.5 Å². The molecule has 1 aromatic carbocycles. The van der Waals surface area contributed by atoms with Gasteiger partial charge >= 0.3 is 0 Å². The maximum atomic E-state index is 5.89. The summed E-state index contributed by atoms with van der Waals surface area (Å²) in [5.74, 6) is 2.86. The minimum absolute atomic E-state index is 0.0704. The Morgan fingerprint density at radius 3 is 2.90 bits per heavy atom. The number of anilines is 1. The molecule has 1 unspecified atom stereocenters. The maximum absolute atomic E-state index is 5.89. The average molecular weight is 292 g/mol. The summed E-state index contributed by atoms with van der Waals surface area (Å²) in [6.07, 6.45) is -0.0704. The summed E-state index contributed by atoms with van der Waals surface area (Å²) in [5.41, 5.74) is 0. The van der Waals surface area contributed by atoms with Crippen LogP contribution in [-0.4, -0.2) is 29.2 Å². The first-order valence-corrected chi connectivity index (χ1v) is 6.72. The molecule has 1 atom stereocenters. The highest BCUT2D eigenvalue weighted by atomic mass is 35.5. The number of nitrogens with one attached hydrogen (secondary N) is 1. The van der Waals surface area contributed by atoms with Gasteiger partial charge in [0.1, 0.15) is 29.5 Å². The van der Waals surface area contributed by atoms with Crippen molar-refractivity contribution in [3.05, 3.63) is 41.3 Å². The SMILES string of the molecule is Cc1nc(Cl)cc(NCC2COc3ccccc3O2)n1. The van der Waals surface area contributed by atoms with Crippen molar-refractivity contribution in [2.45, 2.75) is 13.0 Å². The van der Waals surface area contributed by atoms with Crippen LogP contribution in [0.25, 0.3) is 0 Å². The molecule has 1 aliphatic rings. The van der Waals surface area contributed by atoms with Crippen molar-refractivity contribution in [3.63, 3.8) is 0 Å². The predicted octanol–water partition coefficient (Wildman–Crippen LogP) is 2.69. The monoisotopic (exact) mass is 291 g/mol. The average Bonchev–Trinajstić information content (AvgIpc) is 2.44. The highest BCUT2D eigenvalue weighted by molar-refractivity contribution is 6.29. The van der Waals surface area contributed by atoms with Crippen LogP contribution in [-0.2, 0) is 0 Å². The smallest absolute Gasteiger partial charge is 0.161 e. The van der Waals surface area contributed by atoms with E-state index in [1.54, 1.807) is 13.0 Å². The van der Waals surface area contributed by atoms with Gasteiger partial charge in [0.05, 0.1) is 6.54 Å². The van der Waals surface area contributed by atoms with Crippen LogP contribution < -0.4 is 14.8 Å². The number of para-hydroxylation sites is 2. The number of fused-ring (bicyclic) bond motifs is 1. The van der Waals surface area contributed by atoms with Crippen LogP contribution in [0, 0.1) is 6.92 Å². The second kappa shape index (κ2) is 5.54. The second-order valence-electron chi connectivity index (χ2n) is 4.50. The molecule has 0 saturated carbocycles. The zero-order valence-electron chi connectivity index (χ0n) is 11.0. The summed E-state index contributed by atoms with van der Waals surface area (Å²) in [7, 11) is 0. The van der Waals surface area contributed by atoms with Crippen LogP contribution in [0.1, 0.15) is 5.82 Å². The Bertz CT molecular complexity index is 601. The third-order valence-corrected chi connectivity index (χ3v) is 3.08. The summed E-state index contributed by atoms with van der Waals surface area (Å²) in [4.78, 5) is 8.28. The molecular formula is C14H14ClN3O2. The highest BCUT2D eigenvalue weighted by Crippen LogP contribution is 2.30. The Kier molecular flexibility index (Phi) is 3.60. The summed E-state index contributed by atoms with van der Waals surface area (Å²) < 4.78 is 11.5. The lowest BCUT2D eigenvalue weighted by atomic mass is 10.2. The number of aromatic nitrogens is 2. The molecule has 0 fully saturated rings. The fourth-order valence-electron chi connectivity index (χ4n) is 2.00. The molecule has 20 heavy (non-hydrogen) atoms. The van der Waals surface area contributed by atoms with Crippen molar-refractivity contribution < 1.29 is 9.47 Å². The van der Waals surface area contributed by atoms with E-state index in [1.165, 1.54) is 0 Å². The van der Waals surface area contributed by atoms with E-state index in [0.717, 1.165) is 11.5 Å². The van der Waals surface area contributed by atoms with Crippen molar-refractivity contribution in [1.82, 2.24) is 9.97 Å².